The number of hydrogen-bond acceptors (Lipinski definition) is 5. The first-order chi connectivity index (χ1) is 9.63. The number of carbonyl (C=O) groups is 2. The minimum atomic E-state index is -0.790. The fourth-order valence-corrected chi connectivity index (χ4v) is 1.45. The second-order valence-corrected chi connectivity index (χ2v) is 3.52. The van der Waals surface area contributed by atoms with Crippen molar-refractivity contribution in [3.05, 3.63) is 51.5 Å². The molecular formula is C13H13N3O4. The summed E-state index contributed by atoms with van der Waals surface area (Å²) >= 11 is 0. The molecule has 0 N–H and O–H groups in total. The van der Waals surface area contributed by atoms with E-state index in [-0.39, 0.29) is 17.9 Å². The zero-order chi connectivity index (χ0) is 15.0. The molecule has 0 saturated heterocycles. The van der Waals surface area contributed by atoms with Gasteiger partial charge in [0.05, 0.1) is 19.3 Å². The summed E-state index contributed by atoms with van der Waals surface area (Å²) in [5.41, 5.74) is 8.87. The van der Waals surface area contributed by atoms with Crippen LogP contribution in [0, 0.1) is 0 Å². The lowest BCUT2D eigenvalue weighted by Gasteiger charge is -2.06. The van der Waals surface area contributed by atoms with Gasteiger partial charge in [-0.15, -0.1) is 0 Å². The first-order valence-corrected chi connectivity index (χ1v) is 5.75. The minimum Gasteiger partial charge on any atom is -0.466 e. The van der Waals surface area contributed by atoms with Crippen molar-refractivity contribution >= 4 is 18.0 Å². The van der Waals surface area contributed by atoms with Crippen LogP contribution in [-0.4, -0.2) is 25.7 Å². The van der Waals surface area contributed by atoms with E-state index in [1.54, 1.807) is 31.2 Å². The molecule has 0 saturated carbocycles. The van der Waals surface area contributed by atoms with Gasteiger partial charge in [-0.25, -0.2) is 9.59 Å². The number of rotatable bonds is 5. The third kappa shape index (κ3) is 3.86. The maximum absolute atomic E-state index is 11.8. The zero-order valence-corrected chi connectivity index (χ0v) is 11.1. The number of azide groups is 1. The van der Waals surface area contributed by atoms with Crippen molar-refractivity contribution < 1.29 is 19.1 Å². The van der Waals surface area contributed by atoms with Crippen molar-refractivity contribution in [1.29, 1.82) is 0 Å². The second-order valence-electron chi connectivity index (χ2n) is 3.52. The fraction of sp³-hybridized carbons (Fsp3) is 0.231. The molecule has 0 atom stereocenters. The Morgan fingerprint density at radius 2 is 2.10 bits per heavy atom. The van der Waals surface area contributed by atoms with Crippen molar-refractivity contribution in [3.8, 4) is 0 Å². The summed E-state index contributed by atoms with van der Waals surface area (Å²) in [5, 5.41) is 3.25. The van der Waals surface area contributed by atoms with Crippen LogP contribution in [0.15, 0.2) is 35.1 Å². The molecule has 0 unspecified atom stereocenters. The summed E-state index contributed by atoms with van der Waals surface area (Å²) in [5.74, 6) is -1.31. The zero-order valence-electron chi connectivity index (χ0n) is 11.1. The van der Waals surface area contributed by atoms with Crippen molar-refractivity contribution in [1.82, 2.24) is 0 Å². The van der Waals surface area contributed by atoms with E-state index >= 15 is 0 Å². The van der Waals surface area contributed by atoms with E-state index in [0.717, 1.165) is 0 Å². The SMILES string of the molecule is CCOC(=O)c1ccccc1/C=C(\N=[N+]=[N-])C(=O)OC. The molecule has 0 aliphatic carbocycles. The van der Waals surface area contributed by atoms with Crippen LogP contribution >= 0.6 is 0 Å². The van der Waals surface area contributed by atoms with E-state index in [4.69, 9.17) is 10.3 Å². The molecule has 0 aliphatic rings. The lowest BCUT2D eigenvalue weighted by atomic mass is 10.1. The molecule has 7 nitrogen and oxygen atoms in total. The van der Waals surface area contributed by atoms with E-state index in [1.165, 1.54) is 13.2 Å². The number of carbonyl (C=O) groups excluding carboxylic acids is 2. The predicted octanol–water partition coefficient (Wildman–Crippen LogP) is 2.69. The van der Waals surface area contributed by atoms with E-state index in [0.29, 0.717) is 5.56 Å². The highest BCUT2D eigenvalue weighted by Gasteiger charge is 2.13. The number of benzene rings is 1. The van der Waals surface area contributed by atoms with E-state index in [1.807, 2.05) is 0 Å². The third-order valence-electron chi connectivity index (χ3n) is 2.30. The number of esters is 2. The summed E-state index contributed by atoms with van der Waals surface area (Å²) in [6, 6.07) is 6.49. The van der Waals surface area contributed by atoms with Crippen molar-refractivity contribution in [3.63, 3.8) is 0 Å². The van der Waals surface area contributed by atoms with Crippen LogP contribution in [0.2, 0.25) is 0 Å². The Kier molecular flexibility index (Phi) is 5.80. The van der Waals surface area contributed by atoms with Crippen molar-refractivity contribution in [2.75, 3.05) is 13.7 Å². The highest BCUT2D eigenvalue weighted by molar-refractivity contribution is 5.98. The Labute approximate surface area is 115 Å². The number of ether oxygens (including phenoxy) is 2. The van der Waals surface area contributed by atoms with Gasteiger partial charge >= 0.3 is 11.9 Å². The van der Waals surface area contributed by atoms with Crippen LogP contribution < -0.4 is 0 Å². The molecule has 0 radical (unpaired) electrons. The first-order valence-electron chi connectivity index (χ1n) is 5.75. The molecule has 20 heavy (non-hydrogen) atoms. The molecule has 104 valence electrons. The van der Waals surface area contributed by atoms with Gasteiger partial charge in [-0.1, -0.05) is 23.3 Å². The highest BCUT2D eigenvalue weighted by Crippen LogP contribution is 2.16. The topological polar surface area (TPSA) is 101 Å². The average Bonchev–Trinajstić information content (AvgIpc) is 2.46. The van der Waals surface area contributed by atoms with E-state index in [2.05, 4.69) is 14.8 Å². The normalized spacial score (nSPS) is 10.4. The highest BCUT2D eigenvalue weighted by atomic mass is 16.5. The van der Waals surface area contributed by atoms with Gasteiger partial charge in [0.25, 0.3) is 0 Å². The molecule has 0 amide bonds. The van der Waals surface area contributed by atoms with Crippen LogP contribution in [0.1, 0.15) is 22.8 Å². The van der Waals surface area contributed by atoms with Crippen LogP contribution in [0.25, 0.3) is 16.5 Å². The Balaban J connectivity index is 3.27. The molecule has 0 heterocycles. The molecular weight excluding hydrogens is 262 g/mol. The fourth-order valence-electron chi connectivity index (χ4n) is 1.45. The van der Waals surface area contributed by atoms with Gasteiger partial charge in [0.15, 0.2) is 0 Å². The molecule has 0 aromatic heterocycles. The monoisotopic (exact) mass is 275 g/mol. The number of nitrogens with zero attached hydrogens (tertiary/aromatic N) is 3. The van der Waals surface area contributed by atoms with E-state index in [9.17, 15) is 9.59 Å². The average molecular weight is 275 g/mol. The van der Waals surface area contributed by atoms with Crippen LogP contribution in [-0.2, 0) is 14.3 Å². The molecule has 0 bridgehead atoms. The molecule has 0 spiro atoms. The van der Waals surface area contributed by atoms with Gasteiger partial charge in [-0.05, 0) is 30.2 Å². The molecule has 0 fully saturated rings. The molecule has 0 aliphatic heterocycles. The van der Waals surface area contributed by atoms with Gasteiger partial charge < -0.3 is 9.47 Å². The van der Waals surface area contributed by atoms with Crippen LogP contribution in [0.5, 0.6) is 0 Å². The lowest BCUT2D eigenvalue weighted by Crippen LogP contribution is -2.07. The van der Waals surface area contributed by atoms with Crippen LogP contribution in [0.4, 0.5) is 0 Å². The van der Waals surface area contributed by atoms with Gasteiger partial charge in [0, 0.05) is 4.91 Å². The largest absolute Gasteiger partial charge is 0.466 e. The van der Waals surface area contributed by atoms with Gasteiger partial charge in [-0.2, -0.15) is 0 Å². The van der Waals surface area contributed by atoms with Crippen molar-refractivity contribution in [2.24, 2.45) is 5.11 Å². The summed E-state index contributed by atoms with van der Waals surface area (Å²) in [6.45, 7) is 1.92. The van der Waals surface area contributed by atoms with E-state index < -0.39 is 11.9 Å². The standard InChI is InChI=1S/C13H13N3O4/c1-3-20-12(17)10-7-5-4-6-9(10)8-11(15-16-14)13(18)19-2/h4-8H,3H2,1-2H3/b11-8-. The van der Waals surface area contributed by atoms with Gasteiger partial charge in [-0.3, -0.25) is 0 Å². The van der Waals surface area contributed by atoms with Crippen LogP contribution in [0.3, 0.4) is 0 Å². The second kappa shape index (κ2) is 7.60. The summed E-state index contributed by atoms with van der Waals surface area (Å²) in [6.07, 6.45) is 1.28. The Morgan fingerprint density at radius 3 is 2.70 bits per heavy atom. The predicted molar refractivity (Wildman–Crippen MR) is 71.5 cm³/mol. The molecule has 1 aromatic rings. The summed E-state index contributed by atoms with van der Waals surface area (Å²) in [7, 11) is 1.17. The third-order valence-corrected chi connectivity index (χ3v) is 2.30. The summed E-state index contributed by atoms with van der Waals surface area (Å²) in [4.78, 5) is 25.8. The Hall–Kier alpha value is -2.79. The van der Waals surface area contributed by atoms with Crippen molar-refractivity contribution in [2.45, 2.75) is 6.92 Å². The first kappa shape index (κ1) is 15.3. The maximum Gasteiger partial charge on any atom is 0.340 e. The Morgan fingerprint density at radius 1 is 1.40 bits per heavy atom. The number of hydrogen-bond donors (Lipinski definition) is 0. The summed E-state index contributed by atoms with van der Waals surface area (Å²) < 4.78 is 9.41. The molecule has 7 heteroatoms. The smallest absolute Gasteiger partial charge is 0.340 e. The Bertz CT molecular complexity index is 589. The molecule has 1 aromatic carbocycles. The van der Waals surface area contributed by atoms with Gasteiger partial charge in [0.1, 0.15) is 5.70 Å². The number of methoxy groups -OCH3 is 1. The molecule has 1 rings (SSSR count). The quantitative estimate of drug-likeness (QED) is 0.271. The van der Waals surface area contributed by atoms with Gasteiger partial charge in [0.2, 0.25) is 0 Å². The maximum atomic E-state index is 11.8. The lowest BCUT2D eigenvalue weighted by molar-refractivity contribution is -0.136. The minimum absolute atomic E-state index is 0.233.